The van der Waals surface area contributed by atoms with E-state index in [1.807, 2.05) is 16.7 Å². The number of benzene rings is 1. The molecule has 0 amide bonds. The molecule has 1 N–H and O–H groups in total. The maximum atomic E-state index is 12.0. The van der Waals surface area contributed by atoms with E-state index in [2.05, 4.69) is 16.9 Å². The molecule has 3 rings (SSSR count). The average Bonchev–Trinajstić information content (AvgIpc) is 2.84. The monoisotopic (exact) mass is 265 g/mol. The van der Waals surface area contributed by atoms with E-state index in [0.717, 1.165) is 37.1 Å². The number of aromatic nitrogens is 2. The first kappa shape index (κ1) is 11.8. The number of nitrogens with one attached hydrogen (secondary N) is 1. The van der Waals surface area contributed by atoms with Crippen molar-refractivity contribution in [1.82, 2.24) is 14.5 Å². The van der Waals surface area contributed by atoms with E-state index >= 15 is 0 Å². The summed E-state index contributed by atoms with van der Waals surface area (Å²) in [5, 5.41) is 0.650. The van der Waals surface area contributed by atoms with Crippen LogP contribution in [0.4, 0.5) is 0 Å². The standard InChI is InChI=1S/C13H16ClN3O/c1-16-5-4-9(7-16)8-17-12-3-2-10(14)6-11(12)15-13(17)18/h2-3,6,9H,4-5,7-8H2,1H3,(H,15,18). The van der Waals surface area contributed by atoms with Crippen LogP contribution in [-0.4, -0.2) is 34.6 Å². The third-order valence-corrected chi connectivity index (χ3v) is 3.90. The Hall–Kier alpha value is -1.26. The van der Waals surface area contributed by atoms with Crippen LogP contribution < -0.4 is 5.69 Å². The van der Waals surface area contributed by atoms with Gasteiger partial charge in [0.2, 0.25) is 0 Å². The molecule has 0 radical (unpaired) electrons. The van der Waals surface area contributed by atoms with Gasteiger partial charge in [0.25, 0.3) is 0 Å². The van der Waals surface area contributed by atoms with Crippen LogP contribution in [0.1, 0.15) is 6.42 Å². The second-order valence-corrected chi connectivity index (χ2v) is 5.56. The summed E-state index contributed by atoms with van der Waals surface area (Å²) in [6.45, 7) is 2.96. The molecule has 18 heavy (non-hydrogen) atoms. The summed E-state index contributed by atoms with van der Waals surface area (Å²) in [5.41, 5.74) is 1.72. The Morgan fingerprint density at radius 2 is 2.33 bits per heavy atom. The molecule has 1 saturated heterocycles. The predicted octanol–water partition coefficient (Wildman–Crippen LogP) is 1.93. The number of fused-ring (bicyclic) bond motifs is 1. The minimum absolute atomic E-state index is 0.0400. The highest BCUT2D eigenvalue weighted by Gasteiger charge is 2.21. The van der Waals surface area contributed by atoms with Gasteiger partial charge in [-0.3, -0.25) is 4.57 Å². The Labute approximate surface area is 110 Å². The Morgan fingerprint density at radius 3 is 3.06 bits per heavy atom. The second kappa shape index (κ2) is 4.44. The number of nitrogens with zero attached hydrogens (tertiary/aromatic N) is 2. The van der Waals surface area contributed by atoms with Crippen molar-refractivity contribution in [2.75, 3.05) is 20.1 Å². The van der Waals surface area contributed by atoms with Gasteiger partial charge in [-0.25, -0.2) is 4.79 Å². The van der Waals surface area contributed by atoms with Gasteiger partial charge >= 0.3 is 5.69 Å². The van der Waals surface area contributed by atoms with Crippen LogP contribution in [0.25, 0.3) is 11.0 Å². The van der Waals surface area contributed by atoms with Gasteiger partial charge in [0.1, 0.15) is 0 Å². The number of hydrogen-bond acceptors (Lipinski definition) is 2. The lowest BCUT2D eigenvalue weighted by molar-refractivity contribution is 0.378. The average molecular weight is 266 g/mol. The molecule has 1 aromatic heterocycles. The summed E-state index contributed by atoms with van der Waals surface area (Å²) < 4.78 is 1.83. The number of likely N-dealkylation sites (tertiary alicyclic amines) is 1. The summed E-state index contributed by atoms with van der Waals surface area (Å²) >= 11 is 5.93. The van der Waals surface area contributed by atoms with Crippen LogP contribution in [0.5, 0.6) is 0 Å². The predicted molar refractivity (Wildman–Crippen MR) is 73.2 cm³/mol. The van der Waals surface area contributed by atoms with Crippen molar-refractivity contribution < 1.29 is 0 Å². The number of H-pyrrole nitrogens is 1. The van der Waals surface area contributed by atoms with Gasteiger partial charge in [-0.05, 0) is 44.1 Å². The fourth-order valence-corrected chi connectivity index (χ4v) is 2.92. The smallest absolute Gasteiger partial charge is 0.306 e. The van der Waals surface area contributed by atoms with Crippen molar-refractivity contribution in [2.45, 2.75) is 13.0 Å². The molecule has 1 aliphatic rings. The Bertz CT molecular complexity index is 631. The number of imidazole rings is 1. The van der Waals surface area contributed by atoms with E-state index in [1.54, 1.807) is 6.07 Å². The zero-order chi connectivity index (χ0) is 12.7. The Morgan fingerprint density at radius 1 is 1.50 bits per heavy atom. The van der Waals surface area contributed by atoms with Gasteiger partial charge in [-0.1, -0.05) is 11.6 Å². The van der Waals surface area contributed by atoms with Crippen molar-refractivity contribution in [3.05, 3.63) is 33.7 Å². The molecule has 0 spiro atoms. The minimum atomic E-state index is -0.0400. The number of hydrogen-bond donors (Lipinski definition) is 1. The molecule has 0 aliphatic carbocycles. The maximum absolute atomic E-state index is 12.0. The molecule has 5 heteroatoms. The van der Waals surface area contributed by atoms with Crippen molar-refractivity contribution >= 4 is 22.6 Å². The van der Waals surface area contributed by atoms with Gasteiger partial charge in [-0.15, -0.1) is 0 Å². The van der Waals surface area contributed by atoms with E-state index in [-0.39, 0.29) is 5.69 Å². The first-order valence-corrected chi connectivity index (χ1v) is 6.58. The van der Waals surface area contributed by atoms with Crippen LogP contribution in [-0.2, 0) is 6.54 Å². The summed E-state index contributed by atoms with van der Waals surface area (Å²) in [5.74, 6) is 0.558. The Balaban J connectivity index is 1.96. The van der Waals surface area contributed by atoms with E-state index in [0.29, 0.717) is 10.9 Å². The number of halogens is 1. The highest BCUT2D eigenvalue weighted by molar-refractivity contribution is 6.31. The normalized spacial score (nSPS) is 20.9. The second-order valence-electron chi connectivity index (χ2n) is 5.12. The molecule has 1 unspecified atom stereocenters. The molecule has 2 aromatic rings. The zero-order valence-electron chi connectivity index (χ0n) is 10.3. The summed E-state index contributed by atoms with van der Waals surface area (Å²) in [4.78, 5) is 17.1. The number of aromatic amines is 1. The number of rotatable bonds is 2. The van der Waals surface area contributed by atoms with E-state index in [4.69, 9.17) is 11.6 Å². The zero-order valence-corrected chi connectivity index (χ0v) is 11.1. The summed E-state index contributed by atoms with van der Waals surface area (Å²) in [6, 6.07) is 5.54. The largest absolute Gasteiger partial charge is 0.326 e. The molecule has 1 aliphatic heterocycles. The highest BCUT2D eigenvalue weighted by Crippen LogP contribution is 2.20. The molecule has 1 fully saturated rings. The molecule has 4 nitrogen and oxygen atoms in total. The lowest BCUT2D eigenvalue weighted by atomic mass is 10.1. The van der Waals surface area contributed by atoms with Gasteiger partial charge in [0.05, 0.1) is 11.0 Å². The third kappa shape index (κ3) is 2.06. The van der Waals surface area contributed by atoms with Crippen molar-refractivity contribution in [3.63, 3.8) is 0 Å². The Kier molecular flexibility index (Phi) is 2.92. The van der Waals surface area contributed by atoms with Crippen molar-refractivity contribution in [3.8, 4) is 0 Å². The molecular formula is C13H16ClN3O. The van der Waals surface area contributed by atoms with Gasteiger partial charge < -0.3 is 9.88 Å². The maximum Gasteiger partial charge on any atom is 0.326 e. The SMILES string of the molecule is CN1CCC(Cn2c(=O)[nH]c3cc(Cl)ccc32)C1. The van der Waals surface area contributed by atoms with E-state index in [9.17, 15) is 4.79 Å². The van der Waals surface area contributed by atoms with Crippen LogP contribution in [0.2, 0.25) is 5.02 Å². The molecule has 0 bridgehead atoms. The fourth-order valence-electron chi connectivity index (χ4n) is 2.75. The minimum Gasteiger partial charge on any atom is -0.306 e. The van der Waals surface area contributed by atoms with E-state index < -0.39 is 0 Å². The first-order valence-electron chi connectivity index (χ1n) is 6.20. The van der Waals surface area contributed by atoms with Gasteiger partial charge in [-0.2, -0.15) is 0 Å². The molecule has 1 aromatic carbocycles. The summed E-state index contributed by atoms with van der Waals surface area (Å²) in [6.07, 6.45) is 1.16. The van der Waals surface area contributed by atoms with Crippen molar-refractivity contribution in [1.29, 1.82) is 0 Å². The topological polar surface area (TPSA) is 41.0 Å². The quantitative estimate of drug-likeness (QED) is 0.902. The lowest BCUT2D eigenvalue weighted by Crippen LogP contribution is -2.23. The lowest BCUT2D eigenvalue weighted by Gasteiger charge is -2.11. The molecule has 2 heterocycles. The highest BCUT2D eigenvalue weighted by atomic mass is 35.5. The van der Waals surface area contributed by atoms with Crippen molar-refractivity contribution in [2.24, 2.45) is 5.92 Å². The van der Waals surface area contributed by atoms with Crippen LogP contribution in [0, 0.1) is 5.92 Å². The van der Waals surface area contributed by atoms with Gasteiger partial charge in [0, 0.05) is 18.1 Å². The fraction of sp³-hybridized carbons (Fsp3) is 0.462. The molecule has 0 saturated carbocycles. The van der Waals surface area contributed by atoms with Crippen LogP contribution >= 0.6 is 11.6 Å². The van der Waals surface area contributed by atoms with E-state index in [1.165, 1.54) is 0 Å². The third-order valence-electron chi connectivity index (χ3n) is 3.67. The van der Waals surface area contributed by atoms with Crippen LogP contribution in [0.15, 0.2) is 23.0 Å². The molecule has 1 atom stereocenters. The van der Waals surface area contributed by atoms with Gasteiger partial charge in [0.15, 0.2) is 0 Å². The van der Waals surface area contributed by atoms with Crippen LogP contribution in [0.3, 0.4) is 0 Å². The summed E-state index contributed by atoms with van der Waals surface area (Å²) in [7, 11) is 2.12. The molecule has 96 valence electrons. The first-order chi connectivity index (χ1) is 8.63. The molecular weight excluding hydrogens is 250 g/mol.